The average Bonchev–Trinajstić information content (AvgIpc) is 3.38. The Morgan fingerprint density at radius 2 is 1.78 bits per heavy atom. The number of aryl methyl sites for hydroxylation is 1. The van der Waals surface area contributed by atoms with E-state index >= 15 is 0 Å². The van der Waals surface area contributed by atoms with Crippen molar-refractivity contribution in [1.82, 2.24) is 20.3 Å². The second kappa shape index (κ2) is 8.18. The molecule has 2 aromatic heterocycles. The molecule has 0 saturated carbocycles. The first kappa shape index (κ1) is 18.1. The van der Waals surface area contributed by atoms with Gasteiger partial charge in [0.2, 0.25) is 11.9 Å². The quantitative estimate of drug-likeness (QED) is 0.833. The Morgan fingerprint density at radius 3 is 2.41 bits per heavy atom. The number of hydrogen-bond acceptors (Lipinski definition) is 8. The fourth-order valence-corrected chi connectivity index (χ4v) is 4.05. The molecular formula is C18H24N6O2S. The molecule has 4 rings (SSSR count). The van der Waals surface area contributed by atoms with Crippen LogP contribution in [0.15, 0.2) is 11.4 Å². The molecule has 0 unspecified atom stereocenters. The Bertz CT molecular complexity index is 799. The molecule has 2 fully saturated rings. The van der Waals surface area contributed by atoms with Crippen LogP contribution in [0, 0.1) is 6.92 Å². The first-order valence-corrected chi connectivity index (χ1v) is 10.2. The van der Waals surface area contributed by atoms with Crippen molar-refractivity contribution in [3.63, 3.8) is 0 Å². The van der Waals surface area contributed by atoms with Crippen LogP contribution in [0.5, 0.6) is 0 Å². The van der Waals surface area contributed by atoms with Gasteiger partial charge in [-0.15, -0.1) is 11.3 Å². The summed E-state index contributed by atoms with van der Waals surface area (Å²) in [6, 6.07) is 1.89. The van der Waals surface area contributed by atoms with E-state index in [-0.39, 0.29) is 12.5 Å². The lowest BCUT2D eigenvalue weighted by molar-refractivity contribution is 0.0954. The number of nitrogens with zero attached hydrogens (tertiary/aromatic N) is 5. The van der Waals surface area contributed by atoms with E-state index in [1.54, 1.807) is 0 Å². The molecular weight excluding hydrogens is 364 g/mol. The van der Waals surface area contributed by atoms with Crippen LogP contribution in [-0.4, -0.2) is 60.3 Å². The number of carbonyl (C=O) groups excluding carboxylic acids is 1. The van der Waals surface area contributed by atoms with Crippen LogP contribution >= 0.6 is 11.3 Å². The number of anilines is 2. The predicted molar refractivity (Wildman–Crippen MR) is 105 cm³/mol. The third-order valence-electron chi connectivity index (χ3n) is 4.70. The Morgan fingerprint density at radius 1 is 1.11 bits per heavy atom. The lowest BCUT2D eigenvalue weighted by Gasteiger charge is -2.28. The minimum absolute atomic E-state index is 0.0934. The Kier molecular flexibility index (Phi) is 5.49. The number of carbonyl (C=O) groups is 1. The normalized spacial score (nSPS) is 17.4. The van der Waals surface area contributed by atoms with Crippen LogP contribution in [-0.2, 0) is 11.3 Å². The lowest BCUT2D eigenvalue weighted by Crippen LogP contribution is -2.38. The number of thiophene rings is 1. The predicted octanol–water partition coefficient (Wildman–Crippen LogP) is 1.61. The first-order valence-electron chi connectivity index (χ1n) is 9.35. The SMILES string of the molecule is Cc1csc(C(=O)NCc2nc(N3CCCC3)nc(N3CCOCC3)n2)c1. The van der Waals surface area contributed by atoms with Crippen LogP contribution in [0.3, 0.4) is 0 Å². The highest BCUT2D eigenvalue weighted by Gasteiger charge is 2.21. The standard InChI is InChI=1S/C18H24N6O2S/c1-13-10-14(27-12-13)16(25)19-11-15-20-17(23-4-2-3-5-23)22-18(21-15)24-6-8-26-9-7-24/h10,12H,2-9,11H2,1H3,(H,19,25). The van der Waals surface area contributed by atoms with E-state index < -0.39 is 0 Å². The van der Waals surface area contributed by atoms with E-state index in [1.165, 1.54) is 11.3 Å². The van der Waals surface area contributed by atoms with Crippen LogP contribution in [0.2, 0.25) is 0 Å². The van der Waals surface area contributed by atoms with Crippen molar-refractivity contribution in [3.8, 4) is 0 Å². The van der Waals surface area contributed by atoms with Gasteiger partial charge in [0.15, 0.2) is 5.82 Å². The summed E-state index contributed by atoms with van der Waals surface area (Å²) < 4.78 is 5.43. The van der Waals surface area contributed by atoms with Crippen molar-refractivity contribution < 1.29 is 9.53 Å². The molecule has 0 aromatic carbocycles. The Labute approximate surface area is 162 Å². The highest BCUT2D eigenvalue weighted by Crippen LogP contribution is 2.20. The highest BCUT2D eigenvalue weighted by molar-refractivity contribution is 7.12. The molecule has 2 saturated heterocycles. The lowest BCUT2D eigenvalue weighted by atomic mass is 10.3. The van der Waals surface area contributed by atoms with Crippen molar-refractivity contribution in [3.05, 3.63) is 27.7 Å². The first-order chi connectivity index (χ1) is 13.2. The molecule has 0 atom stereocenters. The molecule has 1 amide bonds. The summed E-state index contributed by atoms with van der Waals surface area (Å²) in [6.45, 7) is 7.09. The molecule has 8 nitrogen and oxygen atoms in total. The van der Waals surface area contributed by atoms with Gasteiger partial charge in [0.1, 0.15) is 0 Å². The third kappa shape index (κ3) is 4.36. The smallest absolute Gasteiger partial charge is 0.261 e. The fraction of sp³-hybridized carbons (Fsp3) is 0.556. The van der Waals surface area contributed by atoms with Gasteiger partial charge < -0.3 is 19.9 Å². The molecule has 9 heteroatoms. The van der Waals surface area contributed by atoms with Gasteiger partial charge >= 0.3 is 0 Å². The van der Waals surface area contributed by atoms with E-state index in [4.69, 9.17) is 9.72 Å². The number of morpholine rings is 1. The number of amides is 1. The van der Waals surface area contributed by atoms with Crippen molar-refractivity contribution in [2.45, 2.75) is 26.3 Å². The molecule has 144 valence electrons. The van der Waals surface area contributed by atoms with Crippen LogP contribution < -0.4 is 15.1 Å². The van der Waals surface area contributed by atoms with Crippen LogP contribution in [0.4, 0.5) is 11.9 Å². The minimum atomic E-state index is -0.0934. The monoisotopic (exact) mass is 388 g/mol. The van der Waals surface area contributed by atoms with Crippen molar-refractivity contribution in [1.29, 1.82) is 0 Å². The Hall–Kier alpha value is -2.26. The summed E-state index contributed by atoms with van der Waals surface area (Å²) in [7, 11) is 0. The summed E-state index contributed by atoms with van der Waals surface area (Å²) in [5, 5.41) is 4.91. The summed E-state index contributed by atoms with van der Waals surface area (Å²) >= 11 is 1.45. The number of aromatic nitrogens is 3. The number of rotatable bonds is 5. The maximum atomic E-state index is 12.3. The van der Waals surface area contributed by atoms with Crippen molar-refractivity contribution in [2.24, 2.45) is 0 Å². The zero-order valence-electron chi connectivity index (χ0n) is 15.5. The summed E-state index contributed by atoms with van der Waals surface area (Å²) in [4.78, 5) is 31.3. The van der Waals surface area contributed by atoms with E-state index in [2.05, 4.69) is 25.1 Å². The van der Waals surface area contributed by atoms with Gasteiger partial charge in [0.05, 0.1) is 24.6 Å². The van der Waals surface area contributed by atoms with Crippen molar-refractivity contribution in [2.75, 3.05) is 49.2 Å². The minimum Gasteiger partial charge on any atom is -0.378 e. The maximum absolute atomic E-state index is 12.3. The Balaban J connectivity index is 1.52. The highest BCUT2D eigenvalue weighted by atomic mass is 32.1. The van der Waals surface area contributed by atoms with Gasteiger partial charge in [0.25, 0.3) is 5.91 Å². The zero-order valence-corrected chi connectivity index (χ0v) is 16.3. The molecule has 0 bridgehead atoms. The molecule has 0 radical (unpaired) electrons. The second-order valence-electron chi connectivity index (χ2n) is 6.82. The van der Waals surface area contributed by atoms with E-state index in [9.17, 15) is 4.79 Å². The molecule has 4 heterocycles. The number of hydrogen-bond donors (Lipinski definition) is 1. The van der Waals surface area contributed by atoms with Crippen LogP contribution in [0.1, 0.15) is 33.9 Å². The summed E-state index contributed by atoms with van der Waals surface area (Å²) in [5.41, 5.74) is 1.09. The van der Waals surface area contributed by atoms with Crippen LogP contribution in [0.25, 0.3) is 0 Å². The topological polar surface area (TPSA) is 83.5 Å². The molecule has 0 spiro atoms. The van der Waals surface area contributed by atoms with E-state index in [1.807, 2.05) is 18.4 Å². The van der Waals surface area contributed by atoms with Gasteiger partial charge in [0, 0.05) is 26.2 Å². The molecule has 1 N–H and O–H groups in total. The fourth-order valence-electron chi connectivity index (χ4n) is 3.23. The molecule has 2 aromatic rings. The maximum Gasteiger partial charge on any atom is 0.261 e. The van der Waals surface area contributed by atoms with E-state index in [0.29, 0.717) is 35.8 Å². The number of nitrogens with one attached hydrogen (secondary N) is 1. The largest absolute Gasteiger partial charge is 0.378 e. The number of ether oxygens (including phenoxy) is 1. The average molecular weight is 388 g/mol. The van der Waals surface area contributed by atoms with Gasteiger partial charge in [-0.2, -0.15) is 15.0 Å². The van der Waals surface area contributed by atoms with Crippen molar-refractivity contribution >= 4 is 29.1 Å². The molecule has 0 aliphatic carbocycles. The zero-order chi connectivity index (χ0) is 18.6. The molecule has 27 heavy (non-hydrogen) atoms. The molecule has 2 aliphatic rings. The summed E-state index contributed by atoms with van der Waals surface area (Å²) in [6.07, 6.45) is 2.31. The molecule has 2 aliphatic heterocycles. The third-order valence-corrected chi connectivity index (χ3v) is 5.75. The van der Waals surface area contributed by atoms with Gasteiger partial charge in [-0.1, -0.05) is 0 Å². The van der Waals surface area contributed by atoms with Gasteiger partial charge in [-0.3, -0.25) is 4.79 Å². The second-order valence-corrected chi connectivity index (χ2v) is 7.73. The summed E-state index contributed by atoms with van der Waals surface area (Å²) in [5.74, 6) is 1.88. The van der Waals surface area contributed by atoms with E-state index in [0.717, 1.165) is 44.6 Å². The van der Waals surface area contributed by atoms with Gasteiger partial charge in [-0.25, -0.2) is 0 Å². The van der Waals surface area contributed by atoms with Gasteiger partial charge in [-0.05, 0) is 36.8 Å².